The van der Waals surface area contributed by atoms with Crippen LogP contribution in [0.15, 0.2) is 73.1 Å². The molecule has 3 heterocycles. The molecular formula is C29H26F6N4O2. The molecule has 5 rings (SSSR count). The van der Waals surface area contributed by atoms with Crippen molar-refractivity contribution in [3.63, 3.8) is 0 Å². The zero-order valence-corrected chi connectivity index (χ0v) is 21.9. The molecule has 0 saturated carbocycles. The number of para-hydroxylation sites is 1. The number of alkyl halides is 6. The first-order chi connectivity index (χ1) is 19.3. The Labute approximate surface area is 232 Å². The number of amides is 2. The van der Waals surface area contributed by atoms with Gasteiger partial charge in [-0.15, -0.1) is 0 Å². The smallest absolute Gasteiger partial charge is 0.338 e. The van der Waals surface area contributed by atoms with Gasteiger partial charge in [-0.1, -0.05) is 24.3 Å². The second-order valence-electron chi connectivity index (χ2n) is 10.3. The van der Waals surface area contributed by atoms with Gasteiger partial charge in [0, 0.05) is 43.3 Å². The molecule has 12 heteroatoms. The summed E-state index contributed by atoms with van der Waals surface area (Å²) < 4.78 is 80.2. The molecule has 2 saturated heterocycles. The molecule has 0 radical (unpaired) electrons. The molecule has 2 aliphatic rings. The van der Waals surface area contributed by atoms with Crippen molar-refractivity contribution in [2.24, 2.45) is 0 Å². The lowest BCUT2D eigenvalue weighted by atomic mass is 9.85. The van der Waals surface area contributed by atoms with Crippen molar-refractivity contribution in [2.75, 3.05) is 18.0 Å². The van der Waals surface area contributed by atoms with Crippen LogP contribution in [-0.2, 0) is 23.7 Å². The Balaban J connectivity index is 1.44. The average Bonchev–Trinajstić information content (AvgIpc) is 3.14. The van der Waals surface area contributed by atoms with Crippen LogP contribution in [0.4, 0.5) is 32.0 Å². The number of carbonyl (C=O) groups excluding carboxylic acids is 2. The van der Waals surface area contributed by atoms with E-state index in [-0.39, 0.29) is 44.1 Å². The third kappa shape index (κ3) is 5.34. The summed E-state index contributed by atoms with van der Waals surface area (Å²) in [5, 5.41) is 0. The highest BCUT2D eigenvalue weighted by Gasteiger charge is 2.57. The molecule has 1 spiro atoms. The lowest BCUT2D eigenvalue weighted by Crippen LogP contribution is -2.58. The maximum atomic E-state index is 14.0. The van der Waals surface area contributed by atoms with Crippen LogP contribution in [0.3, 0.4) is 0 Å². The number of likely N-dealkylation sites (tertiary alicyclic amines) is 1. The second-order valence-corrected chi connectivity index (χ2v) is 10.3. The third-order valence-corrected chi connectivity index (χ3v) is 7.77. The lowest BCUT2D eigenvalue weighted by Gasteiger charge is -2.44. The molecule has 1 unspecified atom stereocenters. The van der Waals surface area contributed by atoms with Crippen LogP contribution in [0.25, 0.3) is 0 Å². The Morgan fingerprint density at radius 2 is 1.54 bits per heavy atom. The van der Waals surface area contributed by atoms with Crippen LogP contribution in [-0.4, -0.2) is 51.4 Å². The van der Waals surface area contributed by atoms with Crippen molar-refractivity contribution in [3.8, 4) is 0 Å². The molecule has 2 fully saturated rings. The summed E-state index contributed by atoms with van der Waals surface area (Å²) in [6.07, 6.45) is -6.92. The van der Waals surface area contributed by atoms with Crippen molar-refractivity contribution >= 4 is 17.5 Å². The summed E-state index contributed by atoms with van der Waals surface area (Å²) in [5.74, 6) is -1.11. The van der Waals surface area contributed by atoms with Crippen LogP contribution >= 0.6 is 0 Å². The Morgan fingerprint density at radius 1 is 0.927 bits per heavy atom. The number of hydrogen-bond acceptors (Lipinski definition) is 4. The first kappa shape index (κ1) is 28.4. The summed E-state index contributed by atoms with van der Waals surface area (Å²) in [4.78, 5) is 36.3. The molecule has 41 heavy (non-hydrogen) atoms. The van der Waals surface area contributed by atoms with E-state index in [1.165, 1.54) is 4.90 Å². The van der Waals surface area contributed by atoms with E-state index < -0.39 is 40.5 Å². The molecule has 2 aliphatic heterocycles. The highest BCUT2D eigenvalue weighted by Crippen LogP contribution is 2.43. The molecular weight excluding hydrogens is 550 g/mol. The van der Waals surface area contributed by atoms with E-state index in [0.29, 0.717) is 18.7 Å². The molecule has 0 N–H and O–H groups in total. The summed E-state index contributed by atoms with van der Waals surface area (Å²) in [5.41, 5.74) is -3.24. The first-order valence-electron chi connectivity index (χ1n) is 12.9. The van der Waals surface area contributed by atoms with Gasteiger partial charge in [0.05, 0.1) is 11.1 Å². The summed E-state index contributed by atoms with van der Waals surface area (Å²) in [6, 6.07) is 13.8. The van der Waals surface area contributed by atoms with Crippen molar-refractivity contribution in [1.82, 2.24) is 14.8 Å². The molecule has 3 aromatic rings. The normalized spacial score (nSPS) is 19.2. The Kier molecular flexibility index (Phi) is 7.20. The summed E-state index contributed by atoms with van der Waals surface area (Å²) in [6.45, 7) is 2.14. The van der Waals surface area contributed by atoms with Crippen LogP contribution in [0, 0.1) is 0 Å². The molecule has 216 valence electrons. The van der Waals surface area contributed by atoms with E-state index in [1.807, 2.05) is 48.2 Å². The predicted octanol–water partition coefficient (Wildman–Crippen LogP) is 5.99. The number of rotatable bonds is 4. The second kappa shape index (κ2) is 10.4. The summed E-state index contributed by atoms with van der Waals surface area (Å²) >= 11 is 0. The van der Waals surface area contributed by atoms with Gasteiger partial charge in [0.25, 0.3) is 11.8 Å². The highest BCUT2D eigenvalue weighted by molar-refractivity contribution is 5.97. The fourth-order valence-electron chi connectivity index (χ4n) is 5.78. The van der Waals surface area contributed by atoms with Gasteiger partial charge >= 0.3 is 12.4 Å². The van der Waals surface area contributed by atoms with E-state index in [9.17, 15) is 35.9 Å². The minimum absolute atomic E-state index is 0.00482. The number of carbonyl (C=O) groups is 2. The van der Waals surface area contributed by atoms with E-state index in [0.717, 1.165) is 11.3 Å². The number of nitrogens with zero attached hydrogens (tertiary/aromatic N) is 4. The zero-order valence-electron chi connectivity index (χ0n) is 21.9. The van der Waals surface area contributed by atoms with Gasteiger partial charge in [-0.2, -0.15) is 26.3 Å². The Morgan fingerprint density at radius 3 is 2.07 bits per heavy atom. The molecule has 2 aromatic carbocycles. The molecule has 1 atom stereocenters. The number of pyridine rings is 1. The average molecular weight is 577 g/mol. The van der Waals surface area contributed by atoms with Gasteiger partial charge < -0.3 is 14.7 Å². The van der Waals surface area contributed by atoms with Crippen LogP contribution in [0.2, 0.25) is 0 Å². The van der Waals surface area contributed by atoms with Gasteiger partial charge in [0.1, 0.15) is 11.7 Å². The standard InChI is InChI=1S/C29H26F6N4O2/c1-19-38(18-20-6-5-11-36-17-20)26(41)27(39(19)24-7-3-2-4-8-24)9-12-37(13-10-27)25(40)21-14-22(28(30,31)32)16-23(15-21)29(33,34)35/h2-8,11,14-17,19H,9-10,12-13,18H2,1H3. The Hall–Kier alpha value is -4.09. The van der Waals surface area contributed by atoms with Gasteiger partial charge in [0.2, 0.25) is 0 Å². The maximum absolute atomic E-state index is 14.0. The van der Waals surface area contributed by atoms with E-state index in [2.05, 4.69) is 4.98 Å². The Bertz CT molecular complexity index is 1390. The van der Waals surface area contributed by atoms with Gasteiger partial charge in [0.15, 0.2) is 0 Å². The molecule has 1 aromatic heterocycles. The number of hydrogen-bond donors (Lipinski definition) is 0. The fourth-order valence-corrected chi connectivity index (χ4v) is 5.78. The number of piperidine rings is 1. The van der Waals surface area contributed by atoms with Gasteiger partial charge in [-0.3, -0.25) is 14.6 Å². The summed E-state index contributed by atoms with van der Waals surface area (Å²) in [7, 11) is 0. The monoisotopic (exact) mass is 576 g/mol. The molecule has 2 amide bonds. The third-order valence-electron chi connectivity index (χ3n) is 7.77. The molecule has 0 bridgehead atoms. The minimum atomic E-state index is -5.07. The zero-order chi connectivity index (χ0) is 29.6. The lowest BCUT2D eigenvalue weighted by molar-refractivity contribution is -0.143. The van der Waals surface area contributed by atoms with E-state index in [1.54, 1.807) is 23.4 Å². The predicted molar refractivity (Wildman–Crippen MR) is 137 cm³/mol. The number of benzene rings is 2. The quantitative estimate of drug-likeness (QED) is 0.358. The van der Waals surface area contributed by atoms with Crippen molar-refractivity contribution in [3.05, 3.63) is 95.3 Å². The molecule has 0 aliphatic carbocycles. The van der Waals surface area contributed by atoms with E-state index in [4.69, 9.17) is 0 Å². The largest absolute Gasteiger partial charge is 0.416 e. The van der Waals surface area contributed by atoms with Crippen molar-refractivity contribution in [2.45, 2.75) is 50.4 Å². The van der Waals surface area contributed by atoms with Gasteiger partial charge in [-0.05, 0) is 61.7 Å². The van der Waals surface area contributed by atoms with Crippen molar-refractivity contribution in [1.29, 1.82) is 0 Å². The maximum Gasteiger partial charge on any atom is 0.416 e. The first-order valence-corrected chi connectivity index (χ1v) is 12.9. The SMILES string of the molecule is CC1N(Cc2cccnc2)C(=O)C2(CCN(C(=O)c3cc(C(F)(F)F)cc(C(F)(F)F)c3)CC2)N1c1ccccc1. The highest BCUT2D eigenvalue weighted by atomic mass is 19.4. The topological polar surface area (TPSA) is 56.8 Å². The number of aromatic nitrogens is 1. The van der Waals surface area contributed by atoms with Crippen LogP contribution in [0.5, 0.6) is 0 Å². The van der Waals surface area contributed by atoms with E-state index >= 15 is 0 Å². The number of anilines is 1. The molecule has 6 nitrogen and oxygen atoms in total. The van der Waals surface area contributed by atoms with Crippen LogP contribution < -0.4 is 4.90 Å². The fraction of sp³-hybridized carbons (Fsp3) is 0.345. The van der Waals surface area contributed by atoms with Gasteiger partial charge in [-0.25, -0.2) is 0 Å². The minimum Gasteiger partial charge on any atom is -0.338 e. The van der Waals surface area contributed by atoms with Crippen molar-refractivity contribution < 1.29 is 35.9 Å². The number of halogens is 6. The van der Waals surface area contributed by atoms with Crippen LogP contribution in [0.1, 0.15) is 46.8 Å².